The third-order valence-corrected chi connectivity index (χ3v) is 7.98. The Bertz CT molecular complexity index is 282. The minimum Gasteiger partial charge on any atom is -0.319 e. The largest absolute Gasteiger partial charge is 0.319 e. The van der Waals surface area contributed by atoms with Crippen molar-refractivity contribution in [2.45, 2.75) is 63.0 Å². The van der Waals surface area contributed by atoms with E-state index in [4.69, 9.17) is 55.7 Å². The lowest BCUT2D eigenvalue weighted by molar-refractivity contribution is 0.186. The molecule has 0 aliphatic rings. The van der Waals surface area contributed by atoms with E-state index in [0.717, 1.165) is 18.6 Å². The van der Waals surface area contributed by atoms with E-state index in [-0.39, 0.29) is 12.2 Å². The maximum Gasteiger partial charge on any atom is 0.247 e. The number of alkyl halides is 3. The standard InChI is InChI=1S/C11H22Cl3O2PS2/c1-9(2)15-17(18,16-10(3)4)19-8-6-5-7-11(12,13)14/h9-10H,5-8H2,1-4H3. The van der Waals surface area contributed by atoms with Crippen molar-refractivity contribution in [2.24, 2.45) is 0 Å². The summed E-state index contributed by atoms with van der Waals surface area (Å²) in [5, 5.41) is 0. The number of hydrogen-bond acceptors (Lipinski definition) is 4. The number of unbranched alkanes of at least 4 members (excludes halogenated alkanes) is 1. The first kappa shape index (κ1) is 20.8. The van der Waals surface area contributed by atoms with Gasteiger partial charge in [0.1, 0.15) is 0 Å². The van der Waals surface area contributed by atoms with Crippen LogP contribution in [0.5, 0.6) is 0 Å². The van der Waals surface area contributed by atoms with Crippen molar-refractivity contribution in [3.05, 3.63) is 0 Å². The van der Waals surface area contributed by atoms with Gasteiger partial charge in [0.2, 0.25) is 5.69 Å². The molecule has 0 spiro atoms. The van der Waals surface area contributed by atoms with Crippen molar-refractivity contribution in [1.29, 1.82) is 0 Å². The van der Waals surface area contributed by atoms with Crippen LogP contribution in [0.25, 0.3) is 0 Å². The Morgan fingerprint density at radius 1 is 1.05 bits per heavy atom. The highest BCUT2D eigenvalue weighted by molar-refractivity contribution is 8.67. The van der Waals surface area contributed by atoms with Gasteiger partial charge in [0, 0.05) is 5.75 Å². The first-order valence-electron chi connectivity index (χ1n) is 6.22. The minimum absolute atomic E-state index is 0.0678. The van der Waals surface area contributed by atoms with Crippen LogP contribution in [-0.2, 0) is 20.9 Å². The fraction of sp³-hybridized carbons (Fsp3) is 1.00. The molecule has 0 saturated heterocycles. The topological polar surface area (TPSA) is 18.5 Å². The van der Waals surface area contributed by atoms with Crippen molar-refractivity contribution in [1.82, 2.24) is 0 Å². The quantitative estimate of drug-likeness (QED) is 0.261. The highest BCUT2D eigenvalue weighted by atomic mass is 35.6. The van der Waals surface area contributed by atoms with Gasteiger partial charge in [-0.25, -0.2) is 0 Å². The van der Waals surface area contributed by atoms with Gasteiger partial charge < -0.3 is 9.05 Å². The van der Waals surface area contributed by atoms with Crippen molar-refractivity contribution in [3.63, 3.8) is 0 Å². The van der Waals surface area contributed by atoms with Crippen LogP contribution in [0.4, 0.5) is 0 Å². The molecule has 0 aliphatic heterocycles. The molecular weight excluding hydrogens is 366 g/mol. The molecular formula is C11H22Cl3O2PS2. The molecule has 0 fully saturated rings. The predicted molar refractivity (Wildman–Crippen MR) is 93.3 cm³/mol. The van der Waals surface area contributed by atoms with E-state index in [1.54, 1.807) is 11.4 Å². The first-order valence-corrected chi connectivity index (χ1v) is 11.6. The normalized spacial score (nSPS) is 13.5. The average Bonchev–Trinajstić information content (AvgIpc) is 2.11. The van der Waals surface area contributed by atoms with E-state index < -0.39 is 9.49 Å². The van der Waals surface area contributed by atoms with E-state index in [0.29, 0.717) is 6.42 Å². The second-order valence-electron chi connectivity index (χ2n) is 4.66. The number of hydrogen-bond donors (Lipinski definition) is 0. The lowest BCUT2D eigenvalue weighted by Gasteiger charge is -2.25. The molecule has 19 heavy (non-hydrogen) atoms. The third kappa shape index (κ3) is 13.2. The molecule has 8 heteroatoms. The zero-order valence-corrected chi connectivity index (χ0v) is 16.5. The summed E-state index contributed by atoms with van der Waals surface area (Å²) in [6.07, 6.45) is 2.47. The Hall–Kier alpha value is 1.79. The monoisotopic (exact) mass is 386 g/mol. The lowest BCUT2D eigenvalue weighted by Crippen LogP contribution is -2.06. The first-order chi connectivity index (χ1) is 8.54. The number of halogens is 3. The van der Waals surface area contributed by atoms with Crippen molar-refractivity contribution in [2.75, 3.05) is 5.75 Å². The molecule has 0 amide bonds. The van der Waals surface area contributed by atoms with Gasteiger partial charge in [0.05, 0.1) is 12.2 Å². The molecule has 0 aromatic rings. The van der Waals surface area contributed by atoms with Crippen LogP contribution in [0.15, 0.2) is 0 Å². The average molecular weight is 388 g/mol. The summed E-state index contributed by atoms with van der Waals surface area (Å²) in [5.74, 6) is 0.859. The van der Waals surface area contributed by atoms with Gasteiger partial charge >= 0.3 is 0 Å². The second kappa shape index (κ2) is 9.74. The van der Waals surface area contributed by atoms with Crippen molar-refractivity contribution >= 4 is 63.7 Å². The van der Waals surface area contributed by atoms with Crippen LogP contribution in [0, 0.1) is 0 Å². The Morgan fingerprint density at radius 2 is 1.53 bits per heavy atom. The summed E-state index contributed by atoms with van der Waals surface area (Å²) < 4.78 is 10.4. The molecule has 0 atom stereocenters. The molecule has 0 bridgehead atoms. The SMILES string of the molecule is CC(C)OP(=S)(OC(C)C)SCCCCC(Cl)(Cl)Cl. The van der Waals surface area contributed by atoms with Gasteiger partial charge in [0.25, 0.3) is 0 Å². The van der Waals surface area contributed by atoms with Crippen LogP contribution in [0.3, 0.4) is 0 Å². The maximum absolute atomic E-state index is 5.78. The fourth-order valence-corrected chi connectivity index (χ4v) is 7.53. The molecule has 0 aliphatic carbocycles. The van der Waals surface area contributed by atoms with Crippen molar-refractivity contribution < 1.29 is 9.05 Å². The van der Waals surface area contributed by atoms with Crippen LogP contribution < -0.4 is 0 Å². The fourth-order valence-electron chi connectivity index (χ4n) is 1.21. The molecule has 0 aromatic carbocycles. The minimum atomic E-state index is -2.26. The zero-order valence-electron chi connectivity index (χ0n) is 11.7. The van der Waals surface area contributed by atoms with Gasteiger partial charge in [-0.15, -0.1) is 0 Å². The molecule has 0 saturated carbocycles. The maximum atomic E-state index is 5.78. The third-order valence-electron chi connectivity index (χ3n) is 1.78. The predicted octanol–water partition coefficient (Wildman–Crippen LogP) is 6.33. The smallest absolute Gasteiger partial charge is 0.247 e. The molecule has 0 radical (unpaired) electrons. The summed E-state index contributed by atoms with van der Waals surface area (Å²) in [6, 6.07) is 0. The molecule has 0 N–H and O–H groups in total. The summed E-state index contributed by atoms with van der Waals surface area (Å²) in [6.45, 7) is 7.87. The summed E-state index contributed by atoms with van der Waals surface area (Å²) in [5.41, 5.74) is -2.26. The van der Waals surface area contributed by atoms with Crippen LogP contribution in [0.1, 0.15) is 47.0 Å². The summed E-state index contributed by atoms with van der Waals surface area (Å²) >= 11 is 24.2. The highest BCUT2D eigenvalue weighted by Crippen LogP contribution is 2.62. The van der Waals surface area contributed by atoms with Gasteiger partial charge in [-0.05, 0) is 58.8 Å². The molecule has 0 rings (SSSR count). The highest BCUT2D eigenvalue weighted by Gasteiger charge is 2.23. The van der Waals surface area contributed by atoms with Crippen molar-refractivity contribution in [3.8, 4) is 0 Å². The van der Waals surface area contributed by atoms with E-state index in [1.165, 1.54) is 0 Å². The van der Waals surface area contributed by atoms with Crippen LogP contribution in [-0.4, -0.2) is 21.8 Å². The van der Waals surface area contributed by atoms with Crippen LogP contribution in [0.2, 0.25) is 0 Å². The van der Waals surface area contributed by atoms with Gasteiger partial charge in [-0.2, -0.15) is 0 Å². The lowest BCUT2D eigenvalue weighted by atomic mass is 10.3. The zero-order chi connectivity index (χ0) is 15.1. The van der Waals surface area contributed by atoms with Gasteiger partial charge in [-0.1, -0.05) is 46.2 Å². The van der Waals surface area contributed by atoms with E-state index in [1.807, 2.05) is 27.7 Å². The van der Waals surface area contributed by atoms with Gasteiger partial charge in [-0.3, -0.25) is 0 Å². The Kier molecular flexibility index (Phi) is 10.7. The van der Waals surface area contributed by atoms with E-state index in [2.05, 4.69) is 0 Å². The molecule has 0 unspecified atom stereocenters. The van der Waals surface area contributed by atoms with Crippen LogP contribution >= 0.6 is 51.9 Å². The molecule has 116 valence electrons. The molecule has 0 heterocycles. The van der Waals surface area contributed by atoms with Gasteiger partial charge in [0.15, 0.2) is 3.79 Å². The Labute approximate surface area is 141 Å². The second-order valence-corrected chi connectivity index (χ2v) is 13.5. The van der Waals surface area contributed by atoms with E-state index in [9.17, 15) is 0 Å². The Morgan fingerprint density at radius 3 is 1.89 bits per heavy atom. The molecule has 2 nitrogen and oxygen atoms in total. The molecule has 0 aromatic heterocycles. The summed E-state index contributed by atoms with van der Waals surface area (Å²) in [7, 11) is 0. The summed E-state index contributed by atoms with van der Waals surface area (Å²) in [4.78, 5) is 0. The Balaban J connectivity index is 4.10. The van der Waals surface area contributed by atoms with E-state index >= 15 is 0 Å². The number of rotatable bonds is 9.